The molecule has 0 aromatic rings. The van der Waals surface area contributed by atoms with Gasteiger partial charge < -0.3 is 23.7 Å². The molecule has 0 bridgehead atoms. The van der Waals surface area contributed by atoms with Crippen molar-refractivity contribution in [2.75, 3.05) is 7.11 Å². The van der Waals surface area contributed by atoms with E-state index >= 15 is 0 Å². The first-order valence-electron chi connectivity index (χ1n) is 6.21. The minimum atomic E-state index is -0.712. The maximum Gasteiger partial charge on any atom is 0.303 e. The lowest BCUT2D eigenvalue weighted by molar-refractivity contribution is -0.235. The van der Waals surface area contributed by atoms with Gasteiger partial charge in [-0.1, -0.05) is 6.58 Å². The van der Waals surface area contributed by atoms with Crippen LogP contribution in [0.1, 0.15) is 20.8 Å². The second kappa shape index (κ2) is 5.20. The molecule has 2 fully saturated rings. The number of fused-ring (bicyclic) bond motifs is 1. The van der Waals surface area contributed by atoms with Gasteiger partial charge in [0.05, 0.1) is 0 Å². The van der Waals surface area contributed by atoms with Crippen LogP contribution in [-0.4, -0.2) is 49.6 Å². The molecule has 108 valence electrons. The van der Waals surface area contributed by atoms with Crippen molar-refractivity contribution in [3.63, 3.8) is 0 Å². The van der Waals surface area contributed by atoms with E-state index in [1.54, 1.807) is 0 Å². The Morgan fingerprint density at radius 2 is 2.00 bits per heavy atom. The summed E-state index contributed by atoms with van der Waals surface area (Å²) in [5.41, 5.74) is 0. The Hall–Kier alpha value is -0.950. The fraction of sp³-hybridized carbons (Fsp3) is 0.769. The number of ether oxygens (including phenoxy) is 5. The van der Waals surface area contributed by atoms with Gasteiger partial charge in [-0.3, -0.25) is 4.79 Å². The molecule has 5 atom stereocenters. The minimum absolute atomic E-state index is 0.344. The number of carbonyl (C=O) groups excluding carboxylic acids is 1. The lowest BCUT2D eigenvalue weighted by Crippen LogP contribution is -2.39. The van der Waals surface area contributed by atoms with Crippen LogP contribution in [0.25, 0.3) is 0 Å². The van der Waals surface area contributed by atoms with Crippen molar-refractivity contribution in [3.8, 4) is 0 Å². The Balaban J connectivity index is 2.17. The predicted octanol–water partition coefficient (Wildman–Crippen LogP) is 0.995. The van der Waals surface area contributed by atoms with E-state index in [-0.39, 0.29) is 12.2 Å². The van der Waals surface area contributed by atoms with E-state index in [1.807, 2.05) is 13.8 Å². The van der Waals surface area contributed by atoms with Crippen molar-refractivity contribution in [1.82, 2.24) is 0 Å². The molecule has 2 heterocycles. The van der Waals surface area contributed by atoms with Crippen LogP contribution in [-0.2, 0) is 28.5 Å². The molecule has 0 aromatic heterocycles. The highest BCUT2D eigenvalue weighted by Gasteiger charge is 2.57. The van der Waals surface area contributed by atoms with Crippen LogP contribution in [0.4, 0.5) is 0 Å². The number of esters is 1. The van der Waals surface area contributed by atoms with Crippen LogP contribution < -0.4 is 0 Å². The van der Waals surface area contributed by atoms with Crippen molar-refractivity contribution in [3.05, 3.63) is 12.7 Å². The van der Waals surface area contributed by atoms with E-state index in [0.717, 1.165) is 0 Å². The Kier molecular flexibility index (Phi) is 3.96. The lowest BCUT2D eigenvalue weighted by atomic mass is 10.1. The van der Waals surface area contributed by atoms with Gasteiger partial charge in [0, 0.05) is 14.0 Å². The lowest BCUT2D eigenvalue weighted by Gasteiger charge is -2.26. The van der Waals surface area contributed by atoms with Crippen LogP contribution in [0.15, 0.2) is 12.7 Å². The molecule has 0 amide bonds. The monoisotopic (exact) mass is 272 g/mol. The second-order valence-corrected chi connectivity index (χ2v) is 5.08. The molecular formula is C13H20O6. The topological polar surface area (TPSA) is 63.2 Å². The van der Waals surface area contributed by atoms with E-state index in [2.05, 4.69) is 6.58 Å². The zero-order chi connectivity index (χ0) is 14.2. The molecule has 6 heteroatoms. The van der Waals surface area contributed by atoms with Crippen LogP contribution in [0.5, 0.6) is 0 Å². The van der Waals surface area contributed by atoms with E-state index in [0.29, 0.717) is 0 Å². The van der Waals surface area contributed by atoms with Crippen molar-refractivity contribution in [1.29, 1.82) is 0 Å². The number of hydrogen-bond acceptors (Lipinski definition) is 6. The molecule has 0 unspecified atom stereocenters. The molecule has 19 heavy (non-hydrogen) atoms. The molecule has 2 aliphatic rings. The van der Waals surface area contributed by atoms with Gasteiger partial charge in [0.15, 0.2) is 12.1 Å². The highest BCUT2D eigenvalue weighted by Crippen LogP contribution is 2.40. The SMILES string of the molecule is C=C[C@@H](OC(C)=O)[C@H]1O[C@@H](OC)[C@@H]2OC(C)(C)O[C@@H]21. The fourth-order valence-electron chi connectivity index (χ4n) is 2.49. The largest absolute Gasteiger partial charge is 0.455 e. The van der Waals surface area contributed by atoms with Gasteiger partial charge in [0.25, 0.3) is 0 Å². The van der Waals surface area contributed by atoms with E-state index in [4.69, 9.17) is 23.7 Å². The summed E-state index contributed by atoms with van der Waals surface area (Å²) >= 11 is 0. The molecule has 2 rings (SSSR count). The minimum Gasteiger partial charge on any atom is -0.455 e. The van der Waals surface area contributed by atoms with Crippen molar-refractivity contribution in [2.24, 2.45) is 0 Å². The fourth-order valence-corrected chi connectivity index (χ4v) is 2.49. The van der Waals surface area contributed by atoms with E-state index in [1.165, 1.54) is 20.1 Å². The van der Waals surface area contributed by atoms with E-state index < -0.39 is 30.3 Å². The third-order valence-corrected chi connectivity index (χ3v) is 3.14. The van der Waals surface area contributed by atoms with Gasteiger partial charge in [0.2, 0.25) is 0 Å². The van der Waals surface area contributed by atoms with Crippen molar-refractivity contribution in [2.45, 2.75) is 57.3 Å². The third kappa shape index (κ3) is 2.81. The molecule has 0 aromatic carbocycles. The zero-order valence-electron chi connectivity index (χ0n) is 11.6. The van der Waals surface area contributed by atoms with Gasteiger partial charge in [0.1, 0.15) is 24.4 Å². The van der Waals surface area contributed by atoms with Gasteiger partial charge in [-0.25, -0.2) is 0 Å². The summed E-state index contributed by atoms with van der Waals surface area (Å²) in [5, 5.41) is 0. The normalized spacial score (nSPS) is 37.7. The van der Waals surface area contributed by atoms with E-state index in [9.17, 15) is 4.79 Å². The predicted molar refractivity (Wildman–Crippen MR) is 65.2 cm³/mol. The number of hydrogen-bond donors (Lipinski definition) is 0. The maximum atomic E-state index is 11.1. The molecule has 0 saturated carbocycles. The Morgan fingerprint density at radius 1 is 1.37 bits per heavy atom. The van der Waals surface area contributed by atoms with Crippen molar-refractivity contribution >= 4 is 5.97 Å². The average molecular weight is 272 g/mol. The molecule has 0 aliphatic carbocycles. The maximum absolute atomic E-state index is 11.1. The van der Waals surface area contributed by atoms with Gasteiger partial charge >= 0.3 is 5.97 Å². The molecule has 2 saturated heterocycles. The number of carbonyl (C=O) groups is 1. The first-order valence-corrected chi connectivity index (χ1v) is 6.21. The number of methoxy groups -OCH3 is 1. The molecule has 2 aliphatic heterocycles. The van der Waals surface area contributed by atoms with Crippen LogP contribution in [0.2, 0.25) is 0 Å². The average Bonchev–Trinajstić information content (AvgIpc) is 2.79. The second-order valence-electron chi connectivity index (χ2n) is 5.08. The summed E-state index contributed by atoms with van der Waals surface area (Å²) in [7, 11) is 1.54. The summed E-state index contributed by atoms with van der Waals surface area (Å²) in [4.78, 5) is 11.1. The highest BCUT2D eigenvalue weighted by molar-refractivity contribution is 5.66. The van der Waals surface area contributed by atoms with Gasteiger partial charge in [-0.2, -0.15) is 0 Å². The first-order chi connectivity index (χ1) is 8.88. The summed E-state index contributed by atoms with van der Waals surface area (Å²) in [6.45, 7) is 8.65. The summed E-state index contributed by atoms with van der Waals surface area (Å²) < 4.78 is 27.7. The van der Waals surface area contributed by atoms with Gasteiger partial charge in [-0.05, 0) is 19.9 Å². The number of rotatable bonds is 4. The standard InChI is InChI=1S/C13H20O6/c1-6-8(16-7(2)14)9-10-11(12(15-5)17-9)19-13(3,4)18-10/h6,8-12H,1H2,2-5H3/t8-,9-,10-,11-,12-/m1/s1. The molecular weight excluding hydrogens is 252 g/mol. The smallest absolute Gasteiger partial charge is 0.303 e. The van der Waals surface area contributed by atoms with Crippen molar-refractivity contribution < 1.29 is 28.5 Å². The third-order valence-electron chi connectivity index (χ3n) is 3.14. The molecule has 0 spiro atoms. The molecule has 0 N–H and O–H groups in total. The highest BCUT2D eigenvalue weighted by atomic mass is 16.8. The van der Waals surface area contributed by atoms with Crippen LogP contribution in [0, 0.1) is 0 Å². The van der Waals surface area contributed by atoms with Gasteiger partial charge in [-0.15, -0.1) is 0 Å². The quantitative estimate of drug-likeness (QED) is 0.562. The Morgan fingerprint density at radius 3 is 2.53 bits per heavy atom. The first kappa shape index (κ1) is 14.5. The van der Waals surface area contributed by atoms with Crippen LogP contribution in [0.3, 0.4) is 0 Å². The van der Waals surface area contributed by atoms with Crippen LogP contribution >= 0.6 is 0 Å². The summed E-state index contributed by atoms with van der Waals surface area (Å²) in [6.07, 6.45) is -0.809. The summed E-state index contributed by atoms with van der Waals surface area (Å²) in [5.74, 6) is -1.11. The zero-order valence-corrected chi connectivity index (χ0v) is 11.6. The molecule has 6 nitrogen and oxygen atoms in total. The Labute approximate surface area is 112 Å². The molecule has 0 radical (unpaired) electrons. The Bertz CT molecular complexity index is 366. The summed E-state index contributed by atoms with van der Waals surface area (Å²) in [6, 6.07) is 0.